The van der Waals surface area contributed by atoms with Gasteiger partial charge in [0.1, 0.15) is 0 Å². The number of aliphatic hydroxyl groups excluding tert-OH is 1. The lowest BCUT2D eigenvalue weighted by Gasteiger charge is -2.21. The molecule has 54 heavy (non-hydrogen) atoms. The molecule has 0 aromatic carbocycles. The lowest BCUT2D eigenvalue weighted by Crippen LogP contribution is -2.29. The third kappa shape index (κ3) is 38.5. The van der Waals surface area contributed by atoms with Gasteiger partial charge in [0.2, 0.25) is 0 Å². The van der Waals surface area contributed by atoms with Crippen molar-refractivity contribution in [2.24, 2.45) is 0 Å². The first-order valence-corrected chi connectivity index (χ1v) is 22.7. The third-order valence-corrected chi connectivity index (χ3v) is 9.73. The summed E-state index contributed by atoms with van der Waals surface area (Å²) in [6.07, 6.45) is 36.3. The molecule has 0 aliphatic rings. The number of carbonyl (C=O) groups excluding carboxylic acids is 2. The number of hydrogen-bond donors (Lipinski definition) is 1. The fraction of sp³-hybridized carbons (Fsp3) is 0.870. The minimum atomic E-state index is -0.360. The Morgan fingerprint density at radius 2 is 1.09 bits per heavy atom. The van der Waals surface area contributed by atoms with Gasteiger partial charge in [0.05, 0.1) is 25.7 Å². The molecule has 0 bridgehead atoms. The van der Waals surface area contributed by atoms with Crippen molar-refractivity contribution in [3.8, 4) is 0 Å². The molecule has 0 aromatic rings. The van der Waals surface area contributed by atoms with E-state index in [1.807, 2.05) is 6.92 Å². The fourth-order valence-electron chi connectivity index (χ4n) is 6.39. The van der Waals surface area contributed by atoms with E-state index < -0.39 is 0 Å². The van der Waals surface area contributed by atoms with Gasteiger partial charge in [-0.2, -0.15) is 0 Å². The molecule has 0 rings (SSSR count). The maximum absolute atomic E-state index is 12.5. The van der Waals surface area contributed by atoms with Gasteiger partial charge in [-0.3, -0.25) is 9.59 Å². The summed E-state index contributed by atoms with van der Waals surface area (Å²) in [4.78, 5) is 27.0. The minimum Gasteiger partial charge on any atom is -0.466 e. The summed E-state index contributed by atoms with van der Waals surface area (Å²) in [5, 5.41) is 9.54. The second-order valence-electron chi connectivity index (χ2n) is 15.0. The van der Waals surface area contributed by atoms with Crippen LogP contribution in [0.3, 0.4) is 0 Å². The topological polar surface area (TPSA) is 94.5 Å². The van der Waals surface area contributed by atoms with Crippen molar-refractivity contribution in [1.29, 1.82) is 0 Å². The molecule has 0 radical (unpaired) electrons. The van der Waals surface area contributed by atoms with E-state index in [0.29, 0.717) is 45.6 Å². The predicted octanol–water partition coefficient (Wildman–Crippen LogP) is 11.8. The highest BCUT2D eigenvalue weighted by atomic mass is 16.7. The average molecular weight is 766 g/mol. The Hall–Kier alpha value is -1.74. The van der Waals surface area contributed by atoms with Crippen LogP contribution in [0.4, 0.5) is 0 Å². The summed E-state index contributed by atoms with van der Waals surface area (Å²) in [6.45, 7) is 13.2. The van der Waals surface area contributed by atoms with Crippen molar-refractivity contribution in [1.82, 2.24) is 4.90 Å². The molecule has 0 spiro atoms. The lowest BCUT2D eigenvalue weighted by atomic mass is 10.1. The van der Waals surface area contributed by atoms with Gasteiger partial charge in [0.15, 0.2) is 6.29 Å². The monoisotopic (exact) mass is 766 g/mol. The molecule has 0 fully saturated rings. The van der Waals surface area contributed by atoms with Crippen LogP contribution >= 0.6 is 0 Å². The molecule has 0 heterocycles. The van der Waals surface area contributed by atoms with Crippen molar-refractivity contribution in [2.75, 3.05) is 46.1 Å². The van der Waals surface area contributed by atoms with E-state index >= 15 is 0 Å². The van der Waals surface area contributed by atoms with Gasteiger partial charge in [-0.05, 0) is 110 Å². The highest BCUT2D eigenvalue weighted by molar-refractivity contribution is 5.69. The summed E-state index contributed by atoms with van der Waals surface area (Å²) in [5.74, 6) is -0.223. The Kier molecular flexibility index (Phi) is 41.0. The maximum Gasteiger partial charge on any atom is 0.306 e. The second kappa shape index (κ2) is 42.4. The minimum absolute atomic E-state index is 0.0319. The standard InChI is InChI=1S/C46H87NO7/c1-5-8-11-14-18-25-32-43(4)54-45(50)33-26-19-17-20-27-36-47(38-39-48)37-28-21-24-29-40-51-44(49)34-35-46(52-41-30-22-15-12-9-6-2)53-42-31-23-16-13-10-7-3/h9-10,12-13,43,46,48H,5-8,11,14-42H2,1-4H3/b12-9-,13-10-. The van der Waals surface area contributed by atoms with Gasteiger partial charge in [0.25, 0.3) is 0 Å². The summed E-state index contributed by atoms with van der Waals surface area (Å²) >= 11 is 0. The molecule has 0 saturated carbocycles. The molecule has 0 amide bonds. The number of rotatable bonds is 42. The predicted molar refractivity (Wildman–Crippen MR) is 226 cm³/mol. The fourth-order valence-corrected chi connectivity index (χ4v) is 6.39. The van der Waals surface area contributed by atoms with Gasteiger partial charge in [-0.15, -0.1) is 0 Å². The van der Waals surface area contributed by atoms with E-state index in [-0.39, 0.29) is 30.9 Å². The highest BCUT2D eigenvalue weighted by Gasteiger charge is 2.14. The van der Waals surface area contributed by atoms with Gasteiger partial charge in [-0.1, -0.05) is 109 Å². The first kappa shape index (κ1) is 52.3. The van der Waals surface area contributed by atoms with Crippen LogP contribution in [0.5, 0.6) is 0 Å². The average Bonchev–Trinajstić information content (AvgIpc) is 3.16. The van der Waals surface area contributed by atoms with E-state index in [4.69, 9.17) is 18.9 Å². The molecule has 8 nitrogen and oxygen atoms in total. The summed E-state index contributed by atoms with van der Waals surface area (Å²) in [5.41, 5.74) is 0. The third-order valence-electron chi connectivity index (χ3n) is 9.73. The molecule has 1 unspecified atom stereocenters. The quantitative estimate of drug-likeness (QED) is 0.0284. The Morgan fingerprint density at radius 1 is 0.556 bits per heavy atom. The number of unbranched alkanes of at least 4 members (excludes halogenated alkanes) is 16. The van der Waals surface area contributed by atoms with Crippen LogP contribution in [0, 0.1) is 0 Å². The van der Waals surface area contributed by atoms with Crippen molar-refractivity contribution in [3.05, 3.63) is 24.3 Å². The second-order valence-corrected chi connectivity index (χ2v) is 15.0. The van der Waals surface area contributed by atoms with E-state index in [1.54, 1.807) is 0 Å². The van der Waals surface area contributed by atoms with Crippen molar-refractivity contribution >= 4 is 11.9 Å². The van der Waals surface area contributed by atoms with Crippen LogP contribution in [0.15, 0.2) is 24.3 Å². The van der Waals surface area contributed by atoms with E-state index in [0.717, 1.165) is 135 Å². The number of hydrogen-bond acceptors (Lipinski definition) is 8. The van der Waals surface area contributed by atoms with Crippen molar-refractivity contribution in [3.63, 3.8) is 0 Å². The Labute approximate surface area is 333 Å². The first-order valence-electron chi connectivity index (χ1n) is 22.7. The number of nitrogens with zero attached hydrogens (tertiary/aromatic N) is 1. The summed E-state index contributed by atoms with van der Waals surface area (Å²) in [6, 6.07) is 0. The van der Waals surface area contributed by atoms with Crippen molar-refractivity contribution in [2.45, 2.75) is 213 Å². The van der Waals surface area contributed by atoms with Gasteiger partial charge >= 0.3 is 11.9 Å². The first-order chi connectivity index (χ1) is 26.5. The Bertz CT molecular complexity index is 840. The Morgan fingerprint density at radius 3 is 1.69 bits per heavy atom. The van der Waals surface area contributed by atoms with Crippen LogP contribution in [0.2, 0.25) is 0 Å². The van der Waals surface area contributed by atoms with Crippen molar-refractivity contribution < 1.29 is 33.6 Å². The van der Waals surface area contributed by atoms with Crippen LogP contribution in [-0.2, 0) is 28.5 Å². The number of carbonyl (C=O) groups is 2. The largest absolute Gasteiger partial charge is 0.466 e. The van der Waals surface area contributed by atoms with Crippen LogP contribution in [0.1, 0.15) is 201 Å². The molecule has 0 saturated heterocycles. The smallest absolute Gasteiger partial charge is 0.306 e. The van der Waals surface area contributed by atoms with Gasteiger partial charge < -0.3 is 29.0 Å². The van der Waals surface area contributed by atoms with Gasteiger partial charge in [0, 0.05) is 32.6 Å². The number of aliphatic hydroxyl groups is 1. The molecule has 1 N–H and O–H groups in total. The zero-order chi connectivity index (χ0) is 39.6. The molecule has 1 atom stereocenters. The number of esters is 2. The molecular formula is C46H87NO7. The zero-order valence-corrected chi connectivity index (χ0v) is 35.8. The number of ether oxygens (including phenoxy) is 4. The number of allylic oxidation sites excluding steroid dienone is 4. The molecule has 0 aromatic heterocycles. The van der Waals surface area contributed by atoms with E-state index in [1.165, 1.54) is 32.1 Å². The SMILES string of the molecule is CC/C=C\CCCCOC(CCC(=O)OCCCCCCN(CCO)CCCCCCCC(=O)OC(C)CCCCCCCC)OCCCC/C=C\CC. The van der Waals surface area contributed by atoms with Crippen LogP contribution in [0.25, 0.3) is 0 Å². The molecule has 318 valence electrons. The zero-order valence-electron chi connectivity index (χ0n) is 35.8. The summed E-state index contributed by atoms with van der Waals surface area (Å²) < 4.78 is 23.2. The normalized spacial score (nSPS) is 12.5. The highest BCUT2D eigenvalue weighted by Crippen LogP contribution is 2.14. The van der Waals surface area contributed by atoms with E-state index in [2.05, 4.69) is 50.0 Å². The molecular weight excluding hydrogens is 679 g/mol. The van der Waals surface area contributed by atoms with Gasteiger partial charge in [-0.25, -0.2) is 0 Å². The molecule has 8 heteroatoms. The lowest BCUT2D eigenvalue weighted by molar-refractivity contribution is -0.159. The summed E-state index contributed by atoms with van der Waals surface area (Å²) in [7, 11) is 0. The Balaban J connectivity index is 4.03. The van der Waals surface area contributed by atoms with E-state index in [9.17, 15) is 14.7 Å². The molecule has 0 aliphatic heterocycles. The molecule has 0 aliphatic carbocycles. The van der Waals surface area contributed by atoms with Crippen LogP contribution in [-0.4, -0.2) is 80.4 Å². The van der Waals surface area contributed by atoms with Crippen LogP contribution < -0.4 is 0 Å². The maximum atomic E-state index is 12.5.